The summed E-state index contributed by atoms with van der Waals surface area (Å²) in [5.41, 5.74) is 2.28. The highest BCUT2D eigenvalue weighted by Crippen LogP contribution is 2.26. The molecule has 102 valence electrons. The maximum absolute atomic E-state index is 13.8. The van der Waals surface area contributed by atoms with Crippen molar-refractivity contribution in [1.82, 2.24) is 9.55 Å². The molecule has 0 unspecified atom stereocenters. The standard InChI is InChI=1S/C14H10BrFN2OS/c1-19-9-4-2-3-8(5-9)18-13-7-11(16)10(15)6-12(13)17-14(18)20/h2-7H,1H3,(H,17,20). The van der Waals surface area contributed by atoms with E-state index in [-0.39, 0.29) is 5.82 Å². The van der Waals surface area contributed by atoms with Crippen molar-refractivity contribution in [3.8, 4) is 11.4 Å². The molecule has 0 fully saturated rings. The molecule has 0 aliphatic carbocycles. The zero-order chi connectivity index (χ0) is 14.3. The van der Waals surface area contributed by atoms with Gasteiger partial charge in [-0.3, -0.25) is 4.57 Å². The van der Waals surface area contributed by atoms with Crippen molar-refractivity contribution in [2.24, 2.45) is 0 Å². The van der Waals surface area contributed by atoms with Crippen LogP contribution in [-0.4, -0.2) is 16.7 Å². The van der Waals surface area contributed by atoms with Crippen LogP contribution in [0.15, 0.2) is 40.9 Å². The second-order valence-corrected chi connectivity index (χ2v) is 5.49. The minimum absolute atomic E-state index is 0.330. The molecule has 3 nitrogen and oxygen atoms in total. The number of nitrogens with zero attached hydrogens (tertiary/aromatic N) is 1. The van der Waals surface area contributed by atoms with Crippen LogP contribution in [0.2, 0.25) is 0 Å². The number of H-pyrrole nitrogens is 1. The molecule has 1 aromatic heterocycles. The zero-order valence-electron chi connectivity index (χ0n) is 10.5. The van der Waals surface area contributed by atoms with Crippen molar-refractivity contribution in [1.29, 1.82) is 0 Å². The number of imidazole rings is 1. The van der Waals surface area contributed by atoms with E-state index in [0.717, 1.165) is 17.0 Å². The Labute approximate surface area is 128 Å². The van der Waals surface area contributed by atoms with Gasteiger partial charge in [-0.1, -0.05) is 6.07 Å². The van der Waals surface area contributed by atoms with Crippen molar-refractivity contribution >= 4 is 39.2 Å². The summed E-state index contributed by atoms with van der Waals surface area (Å²) in [6, 6.07) is 10.6. The normalized spacial score (nSPS) is 10.9. The predicted octanol–water partition coefficient (Wildman–Crippen LogP) is 4.60. The highest BCUT2D eigenvalue weighted by atomic mass is 79.9. The number of fused-ring (bicyclic) bond motifs is 1. The summed E-state index contributed by atoms with van der Waals surface area (Å²) in [6.45, 7) is 0. The first kappa shape index (κ1) is 13.3. The number of aromatic amines is 1. The summed E-state index contributed by atoms with van der Waals surface area (Å²) < 4.78 is 21.7. The Kier molecular flexibility index (Phi) is 3.35. The van der Waals surface area contributed by atoms with Crippen molar-refractivity contribution in [2.45, 2.75) is 0 Å². The largest absolute Gasteiger partial charge is 0.497 e. The molecule has 0 amide bonds. The smallest absolute Gasteiger partial charge is 0.182 e. The lowest BCUT2D eigenvalue weighted by molar-refractivity contribution is 0.414. The molecule has 3 aromatic rings. The van der Waals surface area contributed by atoms with Gasteiger partial charge in [-0.25, -0.2) is 4.39 Å². The third-order valence-electron chi connectivity index (χ3n) is 3.04. The van der Waals surface area contributed by atoms with E-state index in [4.69, 9.17) is 17.0 Å². The minimum atomic E-state index is -0.330. The summed E-state index contributed by atoms with van der Waals surface area (Å²) in [5, 5.41) is 0. The summed E-state index contributed by atoms with van der Waals surface area (Å²) in [7, 11) is 1.60. The van der Waals surface area contributed by atoms with Gasteiger partial charge in [0.2, 0.25) is 0 Å². The van der Waals surface area contributed by atoms with Crippen LogP contribution < -0.4 is 4.74 Å². The van der Waals surface area contributed by atoms with Gasteiger partial charge in [0.1, 0.15) is 11.6 Å². The van der Waals surface area contributed by atoms with Gasteiger partial charge < -0.3 is 9.72 Å². The average molecular weight is 353 g/mol. The van der Waals surface area contributed by atoms with Crippen LogP contribution in [-0.2, 0) is 0 Å². The third-order valence-corrected chi connectivity index (χ3v) is 3.93. The van der Waals surface area contributed by atoms with Crippen LogP contribution in [0.25, 0.3) is 16.7 Å². The Morgan fingerprint density at radius 1 is 1.30 bits per heavy atom. The van der Waals surface area contributed by atoms with Crippen LogP contribution in [0, 0.1) is 10.6 Å². The molecule has 6 heteroatoms. The van der Waals surface area contributed by atoms with E-state index >= 15 is 0 Å². The number of methoxy groups -OCH3 is 1. The van der Waals surface area contributed by atoms with E-state index in [2.05, 4.69) is 20.9 Å². The number of halogens is 2. The fourth-order valence-electron chi connectivity index (χ4n) is 2.11. The number of rotatable bonds is 2. The quantitative estimate of drug-likeness (QED) is 0.683. The Bertz CT molecular complexity index is 856. The Hall–Kier alpha value is -1.66. The van der Waals surface area contributed by atoms with Crippen molar-refractivity contribution in [2.75, 3.05) is 7.11 Å². The molecule has 0 spiro atoms. The summed E-state index contributed by atoms with van der Waals surface area (Å²) in [6.07, 6.45) is 0. The van der Waals surface area contributed by atoms with Crippen LogP contribution in [0.3, 0.4) is 0 Å². The van der Waals surface area contributed by atoms with Crippen LogP contribution >= 0.6 is 28.1 Å². The first-order valence-corrected chi connectivity index (χ1v) is 7.04. The van der Waals surface area contributed by atoms with Gasteiger partial charge in [0.05, 0.1) is 28.3 Å². The molecule has 0 saturated carbocycles. The molecule has 0 bridgehead atoms. The SMILES string of the molecule is COc1cccc(-n2c(=S)[nH]c3cc(Br)c(F)cc32)c1. The molecular weight excluding hydrogens is 343 g/mol. The topological polar surface area (TPSA) is 29.9 Å². The van der Waals surface area contributed by atoms with E-state index < -0.39 is 0 Å². The molecule has 0 aliphatic rings. The van der Waals surface area contributed by atoms with E-state index in [1.54, 1.807) is 17.7 Å². The maximum atomic E-state index is 13.8. The van der Waals surface area contributed by atoms with Crippen LogP contribution in [0.4, 0.5) is 4.39 Å². The highest BCUT2D eigenvalue weighted by Gasteiger charge is 2.10. The monoisotopic (exact) mass is 352 g/mol. The number of ether oxygens (including phenoxy) is 1. The first-order valence-electron chi connectivity index (χ1n) is 5.84. The van der Waals surface area contributed by atoms with Gasteiger partial charge in [0.15, 0.2) is 4.77 Å². The fourth-order valence-corrected chi connectivity index (χ4v) is 2.76. The Balaban J connectivity index is 2.32. The molecule has 0 atom stereocenters. The summed E-state index contributed by atoms with van der Waals surface area (Å²) >= 11 is 8.50. The lowest BCUT2D eigenvalue weighted by atomic mass is 10.2. The molecule has 3 rings (SSSR count). The molecule has 20 heavy (non-hydrogen) atoms. The highest BCUT2D eigenvalue weighted by molar-refractivity contribution is 9.10. The van der Waals surface area contributed by atoms with E-state index in [0.29, 0.717) is 14.8 Å². The second-order valence-electron chi connectivity index (χ2n) is 4.25. The lowest BCUT2D eigenvalue weighted by Gasteiger charge is -2.07. The lowest BCUT2D eigenvalue weighted by Crippen LogP contribution is -1.95. The molecular formula is C14H10BrFN2OS. The van der Waals surface area contributed by atoms with Crippen molar-refractivity contribution < 1.29 is 9.13 Å². The average Bonchev–Trinajstić information content (AvgIpc) is 2.74. The van der Waals surface area contributed by atoms with Gasteiger partial charge >= 0.3 is 0 Å². The molecule has 0 saturated heterocycles. The molecule has 0 radical (unpaired) electrons. The van der Waals surface area contributed by atoms with E-state index in [1.807, 2.05) is 24.3 Å². The number of benzene rings is 2. The summed E-state index contributed by atoms with van der Waals surface area (Å²) in [4.78, 5) is 3.07. The van der Waals surface area contributed by atoms with E-state index in [1.165, 1.54) is 6.07 Å². The van der Waals surface area contributed by atoms with Gasteiger partial charge in [0, 0.05) is 12.1 Å². The van der Waals surface area contributed by atoms with Crippen molar-refractivity contribution in [3.05, 3.63) is 51.5 Å². The molecule has 0 aliphatic heterocycles. The Morgan fingerprint density at radius 3 is 2.85 bits per heavy atom. The van der Waals surface area contributed by atoms with Crippen molar-refractivity contribution in [3.63, 3.8) is 0 Å². The van der Waals surface area contributed by atoms with Gasteiger partial charge in [0.25, 0.3) is 0 Å². The zero-order valence-corrected chi connectivity index (χ0v) is 12.9. The number of hydrogen-bond acceptors (Lipinski definition) is 2. The van der Waals surface area contributed by atoms with Crippen LogP contribution in [0.1, 0.15) is 0 Å². The fraction of sp³-hybridized carbons (Fsp3) is 0.0714. The van der Waals surface area contributed by atoms with Gasteiger partial charge in [-0.15, -0.1) is 0 Å². The predicted molar refractivity (Wildman–Crippen MR) is 82.7 cm³/mol. The number of hydrogen-bond donors (Lipinski definition) is 1. The third kappa shape index (κ3) is 2.14. The number of nitrogens with one attached hydrogen (secondary N) is 1. The Morgan fingerprint density at radius 2 is 2.10 bits per heavy atom. The maximum Gasteiger partial charge on any atom is 0.182 e. The van der Waals surface area contributed by atoms with Gasteiger partial charge in [-0.05, 0) is 46.3 Å². The molecule has 2 aromatic carbocycles. The minimum Gasteiger partial charge on any atom is -0.497 e. The second kappa shape index (κ2) is 5.03. The van der Waals surface area contributed by atoms with E-state index in [9.17, 15) is 4.39 Å². The van der Waals surface area contributed by atoms with Gasteiger partial charge in [-0.2, -0.15) is 0 Å². The molecule has 1 N–H and O–H groups in total. The number of aromatic nitrogens is 2. The summed E-state index contributed by atoms with van der Waals surface area (Å²) in [5.74, 6) is 0.388. The van der Waals surface area contributed by atoms with Crippen LogP contribution in [0.5, 0.6) is 5.75 Å². The first-order chi connectivity index (χ1) is 9.60. The molecule has 1 heterocycles.